The SMILES string of the molecule is CCOC(CC[NH3+])OCC. The van der Waals surface area contributed by atoms with Crippen LogP contribution in [0.25, 0.3) is 0 Å². The number of quaternary nitrogens is 1. The normalized spacial score (nSPS) is 10.8. The Morgan fingerprint density at radius 3 is 2.00 bits per heavy atom. The van der Waals surface area contributed by atoms with Gasteiger partial charge in [0.2, 0.25) is 0 Å². The molecule has 0 aliphatic rings. The van der Waals surface area contributed by atoms with E-state index in [0.717, 1.165) is 13.0 Å². The zero-order valence-corrected chi connectivity index (χ0v) is 6.93. The number of ether oxygens (including phenoxy) is 2. The van der Waals surface area contributed by atoms with Crippen molar-refractivity contribution >= 4 is 0 Å². The van der Waals surface area contributed by atoms with Crippen molar-refractivity contribution in [2.45, 2.75) is 26.6 Å². The van der Waals surface area contributed by atoms with Crippen molar-refractivity contribution in [1.29, 1.82) is 0 Å². The molecular formula is C7H18NO2+. The van der Waals surface area contributed by atoms with Crippen LogP contribution in [0, 0.1) is 0 Å². The van der Waals surface area contributed by atoms with Gasteiger partial charge in [0.15, 0.2) is 6.29 Å². The van der Waals surface area contributed by atoms with Gasteiger partial charge in [-0.3, -0.25) is 0 Å². The van der Waals surface area contributed by atoms with E-state index in [9.17, 15) is 0 Å². The van der Waals surface area contributed by atoms with E-state index >= 15 is 0 Å². The average molecular weight is 148 g/mol. The van der Waals surface area contributed by atoms with Gasteiger partial charge in [0.05, 0.1) is 6.54 Å². The van der Waals surface area contributed by atoms with Crippen molar-refractivity contribution in [3.8, 4) is 0 Å². The molecule has 3 nitrogen and oxygen atoms in total. The van der Waals surface area contributed by atoms with E-state index in [4.69, 9.17) is 9.47 Å². The lowest BCUT2D eigenvalue weighted by molar-refractivity contribution is -0.376. The van der Waals surface area contributed by atoms with Crippen LogP contribution >= 0.6 is 0 Å². The number of rotatable bonds is 6. The van der Waals surface area contributed by atoms with Gasteiger partial charge in [-0.25, -0.2) is 0 Å². The first kappa shape index (κ1) is 9.88. The van der Waals surface area contributed by atoms with Crippen molar-refractivity contribution in [3.05, 3.63) is 0 Å². The van der Waals surface area contributed by atoms with E-state index in [1.54, 1.807) is 0 Å². The van der Waals surface area contributed by atoms with Crippen molar-refractivity contribution < 1.29 is 15.2 Å². The lowest BCUT2D eigenvalue weighted by Gasteiger charge is -2.14. The minimum Gasteiger partial charge on any atom is -0.357 e. The lowest BCUT2D eigenvalue weighted by atomic mass is 10.4. The molecule has 10 heavy (non-hydrogen) atoms. The topological polar surface area (TPSA) is 46.1 Å². The average Bonchev–Trinajstić information content (AvgIpc) is 1.90. The molecule has 0 saturated carbocycles. The molecule has 0 spiro atoms. The molecule has 0 aromatic rings. The van der Waals surface area contributed by atoms with E-state index in [1.165, 1.54) is 0 Å². The highest BCUT2D eigenvalue weighted by Crippen LogP contribution is 1.97. The summed E-state index contributed by atoms with van der Waals surface area (Å²) in [7, 11) is 0. The lowest BCUT2D eigenvalue weighted by Crippen LogP contribution is -2.51. The van der Waals surface area contributed by atoms with Crippen LogP contribution in [-0.2, 0) is 9.47 Å². The maximum atomic E-state index is 5.26. The predicted octanol–water partition coefficient (Wildman–Crippen LogP) is 0.0175. The van der Waals surface area contributed by atoms with Crippen LogP contribution in [0.15, 0.2) is 0 Å². The molecule has 0 saturated heterocycles. The smallest absolute Gasteiger partial charge is 0.162 e. The molecule has 0 atom stereocenters. The van der Waals surface area contributed by atoms with Gasteiger partial charge in [0.1, 0.15) is 0 Å². The van der Waals surface area contributed by atoms with E-state index in [-0.39, 0.29) is 6.29 Å². The summed E-state index contributed by atoms with van der Waals surface area (Å²) in [6.07, 6.45) is 0.856. The highest BCUT2D eigenvalue weighted by molar-refractivity contribution is 4.40. The molecule has 0 aromatic carbocycles. The summed E-state index contributed by atoms with van der Waals surface area (Å²) in [6.45, 7) is 6.23. The summed E-state index contributed by atoms with van der Waals surface area (Å²) in [6, 6.07) is 0. The van der Waals surface area contributed by atoms with E-state index < -0.39 is 0 Å². The predicted molar refractivity (Wildman–Crippen MR) is 39.4 cm³/mol. The molecule has 3 N–H and O–H groups in total. The highest BCUT2D eigenvalue weighted by Gasteiger charge is 2.05. The fourth-order valence-electron chi connectivity index (χ4n) is 0.753. The molecule has 0 unspecified atom stereocenters. The van der Waals surface area contributed by atoms with Crippen LogP contribution in [0.1, 0.15) is 20.3 Å². The minimum absolute atomic E-state index is 0.0347. The highest BCUT2D eigenvalue weighted by atomic mass is 16.7. The van der Waals surface area contributed by atoms with Crippen LogP contribution in [0.5, 0.6) is 0 Å². The van der Waals surface area contributed by atoms with E-state index in [2.05, 4.69) is 5.73 Å². The monoisotopic (exact) mass is 148 g/mol. The molecule has 0 aromatic heterocycles. The maximum Gasteiger partial charge on any atom is 0.162 e. The standard InChI is InChI=1S/C7H17NO2/c1-3-9-7(5-6-8)10-4-2/h7H,3-6,8H2,1-2H3/p+1. The summed E-state index contributed by atoms with van der Waals surface area (Å²) in [5.74, 6) is 0. The zero-order valence-electron chi connectivity index (χ0n) is 6.93. The number of hydrogen-bond donors (Lipinski definition) is 1. The third-order valence-corrected chi connectivity index (χ3v) is 1.14. The molecule has 0 rings (SSSR count). The first-order chi connectivity index (χ1) is 4.85. The number of hydrogen-bond acceptors (Lipinski definition) is 2. The van der Waals surface area contributed by atoms with Gasteiger partial charge in [-0.1, -0.05) is 0 Å². The van der Waals surface area contributed by atoms with Gasteiger partial charge in [0, 0.05) is 19.6 Å². The summed E-state index contributed by atoms with van der Waals surface area (Å²) < 4.78 is 10.5. The van der Waals surface area contributed by atoms with Gasteiger partial charge in [0.25, 0.3) is 0 Å². The molecule has 0 aliphatic heterocycles. The fraction of sp³-hybridized carbons (Fsp3) is 1.00. The second-order valence-electron chi connectivity index (χ2n) is 1.98. The quantitative estimate of drug-likeness (QED) is 0.540. The Labute approximate surface area is 62.5 Å². The van der Waals surface area contributed by atoms with Crippen molar-refractivity contribution in [3.63, 3.8) is 0 Å². The van der Waals surface area contributed by atoms with Gasteiger partial charge in [-0.05, 0) is 13.8 Å². The minimum atomic E-state index is -0.0347. The van der Waals surface area contributed by atoms with Crippen LogP contribution in [0.2, 0.25) is 0 Å². The Balaban J connectivity index is 3.30. The molecular weight excluding hydrogens is 130 g/mol. The summed E-state index contributed by atoms with van der Waals surface area (Å²) in [5, 5.41) is 0. The van der Waals surface area contributed by atoms with Crippen LogP contribution < -0.4 is 5.73 Å². The van der Waals surface area contributed by atoms with Crippen molar-refractivity contribution in [2.75, 3.05) is 19.8 Å². The van der Waals surface area contributed by atoms with E-state index in [1.807, 2.05) is 13.8 Å². The Morgan fingerprint density at radius 2 is 1.70 bits per heavy atom. The Morgan fingerprint density at radius 1 is 1.20 bits per heavy atom. The maximum absolute atomic E-state index is 5.26. The van der Waals surface area contributed by atoms with Crippen LogP contribution in [-0.4, -0.2) is 26.0 Å². The fourth-order valence-corrected chi connectivity index (χ4v) is 0.753. The van der Waals surface area contributed by atoms with Gasteiger partial charge >= 0.3 is 0 Å². The van der Waals surface area contributed by atoms with Gasteiger partial charge < -0.3 is 15.2 Å². The molecule has 0 amide bonds. The third-order valence-electron chi connectivity index (χ3n) is 1.14. The second-order valence-corrected chi connectivity index (χ2v) is 1.98. The molecule has 0 bridgehead atoms. The van der Waals surface area contributed by atoms with Crippen LogP contribution in [0.3, 0.4) is 0 Å². The summed E-state index contributed by atoms with van der Waals surface area (Å²) in [5.41, 5.74) is 3.73. The third kappa shape index (κ3) is 4.73. The van der Waals surface area contributed by atoms with Crippen LogP contribution in [0.4, 0.5) is 0 Å². The van der Waals surface area contributed by atoms with E-state index in [0.29, 0.717) is 13.2 Å². The van der Waals surface area contributed by atoms with Gasteiger partial charge in [-0.15, -0.1) is 0 Å². The Hall–Kier alpha value is -0.120. The largest absolute Gasteiger partial charge is 0.357 e. The molecule has 0 heterocycles. The Kier molecular flexibility index (Phi) is 6.91. The molecule has 0 radical (unpaired) electrons. The Bertz CT molecular complexity index is 54.4. The molecule has 3 heteroatoms. The second kappa shape index (κ2) is 6.99. The molecule has 0 aliphatic carbocycles. The summed E-state index contributed by atoms with van der Waals surface area (Å²) in [4.78, 5) is 0. The first-order valence-corrected chi connectivity index (χ1v) is 3.87. The summed E-state index contributed by atoms with van der Waals surface area (Å²) >= 11 is 0. The molecule has 62 valence electrons. The van der Waals surface area contributed by atoms with Crippen molar-refractivity contribution in [1.82, 2.24) is 0 Å². The van der Waals surface area contributed by atoms with Gasteiger partial charge in [-0.2, -0.15) is 0 Å². The molecule has 0 fully saturated rings. The van der Waals surface area contributed by atoms with Crippen molar-refractivity contribution in [2.24, 2.45) is 0 Å². The first-order valence-electron chi connectivity index (χ1n) is 3.87. The zero-order chi connectivity index (χ0) is 7.82.